The molecule has 1 aliphatic rings. The Labute approximate surface area is 192 Å². The Kier molecular flexibility index (Phi) is 6.47. The highest BCUT2D eigenvalue weighted by Crippen LogP contribution is 2.29. The van der Waals surface area contributed by atoms with Gasteiger partial charge in [-0.05, 0) is 54.2 Å². The fourth-order valence-corrected chi connectivity index (χ4v) is 4.05. The molecule has 1 atom stereocenters. The van der Waals surface area contributed by atoms with E-state index in [1.54, 1.807) is 7.11 Å². The smallest absolute Gasteiger partial charge is 0.256 e. The Morgan fingerprint density at radius 2 is 1.59 bits per heavy atom. The van der Waals surface area contributed by atoms with Crippen molar-refractivity contribution < 1.29 is 14.3 Å². The third kappa shape index (κ3) is 4.63. The van der Waals surface area contributed by atoms with E-state index in [1.807, 2.05) is 89.8 Å². The number of rotatable bonds is 7. The number of nitrogens with one attached hydrogen (secondary N) is 1. The van der Waals surface area contributed by atoms with Crippen LogP contribution in [0.3, 0.4) is 0 Å². The van der Waals surface area contributed by atoms with Crippen LogP contribution in [0.2, 0.25) is 0 Å². The van der Waals surface area contributed by atoms with E-state index in [1.165, 1.54) is 4.90 Å². The second-order valence-electron chi connectivity index (χ2n) is 7.40. The maximum atomic E-state index is 13.4. The van der Waals surface area contributed by atoms with Crippen LogP contribution in [-0.4, -0.2) is 35.0 Å². The normalized spacial score (nSPS) is 15.7. The van der Waals surface area contributed by atoms with Crippen LogP contribution in [0.4, 0.5) is 11.4 Å². The van der Waals surface area contributed by atoms with Crippen molar-refractivity contribution in [1.82, 2.24) is 4.90 Å². The number of methoxy groups -OCH3 is 1. The summed E-state index contributed by atoms with van der Waals surface area (Å²) in [6, 6.07) is 25.3. The van der Waals surface area contributed by atoms with Crippen LogP contribution in [0.25, 0.3) is 0 Å². The molecule has 3 aromatic carbocycles. The number of ether oxygens (including phenoxy) is 1. The summed E-state index contributed by atoms with van der Waals surface area (Å²) in [5.74, 6) is 0.295. The van der Waals surface area contributed by atoms with Gasteiger partial charge in [0.25, 0.3) is 5.91 Å². The van der Waals surface area contributed by atoms with Crippen molar-refractivity contribution in [3.8, 4) is 5.75 Å². The van der Waals surface area contributed by atoms with E-state index in [-0.39, 0.29) is 18.2 Å². The molecule has 32 heavy (non-hydrogen) atoms. The fourth-order valence-electron chi connectivity index (χ4n) is 3.67. The van der Waals surface area contributed by atoms with Crippen LogP contribution in [0.15, 0.2) is 84.9 Å². The number of anilines is 2. The van der Waals surface area contributed by atoms with Gasteiger partial charge in [-0.25, -0.2) is 0 Å². The monoisotopic (exact) mass is 445 g/mol. The minimum atomic E-state index is -0.700. The van der Waals surface area contributed by atoms with Crippen molar-refractivity contribution in [2.75, 3.05) is 17.3 Å². The van der Waals surface area contributed by atoms with Gasteiger partial charge in [0, 0.05) is 12.2 Å². The van der Waals surface area contributed by atoms with Gasteiger partial charge in [-0.2, -0.15) is 0 Å². The van der Waals surface area contributed by atoms with E-state index in [0.29, 0.717) is 23.0 Å². The van der Waals surface area contributed by atoms with Crippen LogP contribution < -0.4 is 15.0 Å². The van der Waals surface area contributed by atoms with Gasteiger partial charge in [-0.1, -0.05) is 48.5 Å². The molecular formula is C25H23N3O3S. The lowest BCUT2D eigenvalue weighted by Gasteiger charge is -2.24. The molecule has 0 aromatic heterocycles. The highest BCUT2D eigenvalue weighted by Gasteiger charge is 2.44. The third-order valence-corrected chi connectivity index (χ3v) is 5.70. The summed E-state index contributed by atoms with van der Waals surface area (Å²) in [5.41, 5.74) is 2.34. The van der Waals surface area contributed by atoms with Crippen LogP contribution in [0, 0.1) is 0 Å². The fraction of sp³-hybridized carbons (Fsp3) is 0.160. The van der Waals surface area contributed by atoms with Gasteiger partial charge in [-0.3, -0.25) is 14.5 Å². The first-order valence-electron chi connectivity index (χ1n) is 10.2. The van der Waals surface area contributed by atoms with Crippen molar-refractivity contribution in [3.63, 3.8) is 0 Å². The number of benzene rings is 3. The van der Waals surface area contributed by atoms with Gasteiger partial charge in [0.2, 0.25) is 5.91 Å². The van der Waals surface area contributed by atoms with E-state index in [0.717, 1.165) is 11.3 Å². The average molecular weight is 446 g/mol. The van der Waals surface area contributed by atoms with E-state index < -0.39 is 6.04 Å². The van der Waals surface area contributed by atoms with Gasteiger partial charge in [0.05, 0.1) is 19.2 Å². The highest BCUT2D eigenvalue weighted by molar-refractivity contribution is 7.80. The zero-order chi connectivity index (χ0) is 22.5. The van der Waals surface area contributed by atoms with Crippen molar-refractivity contribution in [2.45, 2.75) is 19.0 Å². The highest BCUT2D eigenvalue weighted by atomic mass is 32.1. The SMILES string of the molecule is COc1ccc(CN2C(=S)N(c3ccccc3)C(=O)C2CC(=O)Nc2ccccc2)cc1. The maximum absolute atomic E-state index is 13.4. The number of carbonyl (C=O) groups excluding carboxylic acids is 2. The first-order valence-corrected chi connectivity index (χ1v) is 10.6. The molecule has 0 spiro atoms. The zero-order valence-corrected chi connectivity index (χ0v) is 18.4. The second kappa shape index (κ2) is 9.62. The Hall–Kier alpha value is -3.71. The minimum absolute atomic E-state index is 0.00659. The molecule has 7 heteroatoms. The van der Waals surface area contributed by atoms with Gasteiger partial charge in [-0.15, -0.1) is 0 Å². The van der Waals surface area contributed by atoms with E-state index in [9.17, 15) is 9.59 Å². The van der Waals surface area contributed by atoms with Crippen LogP contribution in [0.1, 0.15) is 12.0 Å². The Balaban J connectivity index is 1.59. The molecular weight excluding hydrogens is 422 g/mol. The molecule has 1 heterocycles. The first kappa shape index (κ1) is 21.5. The summed E-state index contributed by atoms with van der Waals surface area (Å²) in [6.45, 7) is 0.404. The van der Waals surface area contributed by atoms with Crippen molar-refractivity contribution in [2.24, 2.45) is 0 Å². The molecule has 3 aromatic rings. The summed E-state index contributed by atoms with van der Waals surface area (Å²) in [4.78, 5) is 29.5. The maximum Gasteiger partial charge on any atom is 0.256 e. The second-order valence-corrected chi connectivity index (χ2v) is 7.77. The van der Waals surface area contributed by atoms with E-state index in [4.69, 9.17) is 17.0 Å². The zero-order valence-electron chi connectivity index (χ0n) is 17.6. The number of carbonyl (C=O) groups is 2. The van der Waals surface area contributed by atoms with Crippen LogP contribution >= 0.6 is 12.2 Å². The number of nitrogens with zero attached hydrogens (tertiary/aromatic N) is 2. The van der Waals surface area contributed by atoms with Crippen molar-refractivity contribution in [1.29, 1.82) is 0 Å². The molecule has 162 valence electrons. The minimum Gasteiger partial charge on any atom is -0.497 e. The topological polar surface area (TPSA) is 61.9 Å². The van der Waals surface area contributed by atoms with Gasteiger partial charge in [0.15, 0.2) is 5.11 Å². The Bertz CT molecular complexity index is 1100. The van der Waals surface area contributed by atoms with Crippen molar-refractivity contribution in [3.05, 3.63) is 90.5 Å². The lowest BCUT2D eigenvalue weighted by molar-refractivity contribution is -0.124. The lowest BCUT2D eigenvalue weighted by atomic mass is 10.1. The van der Waals surface area contributed by atoms with Crippen LogP contribution in [-0.2, 0) is 16.1 Å². The van der Waals surface area contributed by atoms with E-state index in [2.05, 4.69) is 5.32 Å². The number of thiocarbonyl (C=S) groups is 1. The van der Waals surface area contributed by atoms with Gasteiger partial charge < -0.3 is 15.0 Å². The molecule has 1 saturated heterocycles. The Morgan fingerprint density at radius 3 is 2.22 bits per heavy atom. The van der Waals surface area contributed by atoms with Gasteiger partial charge >= 0.3 is 0 Å². The molecule has 1 unspecified atom stereocenters. The predicted molar refractivity (Wildman–Crippen MR) is 129 cm³/mol. The molecule has 6 nitrogen and oxygen atoms in total. The molecule has 0 radical (unpaired) electrons. The molecule has 0 aliphatic carbocycles. The summed E-state index contributed by atoms with van der Waals surface area (Å²) in [6.07, 6.45) is -0.00659. The number of para-hydroxylation sites is 2. The number of hydrogen-bond acceptors (Lipinski definition) is 4. The molecule has 1 N–H and O–H groups in total. The largest absolute Gasteiger partial charge is 0.497 e. The molecule has 2 amide bonds. The average Bonchev–Trinajstić information content (AvgIpc) is 3.04. The number of hydrogen-bond donors (Lipinski definition) is 1. The molecule has 0 bridgehead atoms. The first-order chi connectivity index (χ1) is 15.6. The molecule has 4 rings (SSSR count). The number of amides is 2. The molecule has 1 fully saturated rings. The molecule has 1 aliphatic heterocycles. The van der Waals surface area contributed by atoms with E-state index >= 15 is 0 Å². The quantitative estimate of drug-likeness (QED) is 0.552. The standard InChI is InChI=1S/C25H23N3O3S/c1-31-21-14-12-18(13-15-21)17-27-22(16-23(29)26-19-8-4-2-5-9-19)24(30)28(25(27)32)20-10-6-3-7-11-20/h2-15,22H,16-17H2,1H3,(H,26,29). The molecule has 0 saturated carbocycles. The summed E-state index contributed by atoms with van der Waals surface area (Å²) in [7, 11) is 1.61. The Morgan fingerprint density at radius 1 is 0.969 bits per heavy atom. The van der Waals surface area contributed by atoms with Crippen molar-refractivity contribution >= 4 is 40.5 Å². The predicted octanol–water partition coefficient (Wildman–Crippen LogP) is 4.23. The third-order valence-electron chi connectivity index (χ3n) is 5.28. The summed E-state index contributed by atoms with van der Waals surface area (Å²) in [5, 5.41) is 3.25. The lowest BCUT2D eigenvalue weighted by Crippen LogP contribution is -2.37. The summed E-state index contributed by atoms with van der Waals surface area (Å²) >= 11 is 5.70. The summed E-state index contributed by atoms with van der Waals surface area (Å²) < 4.78 is 5.23. The van der Waals surface area contributed by atoms with Gasteiger partial charge in [0.1, 0.15) is 11.8 Å². The van der Waals surface area contributed by atoms with Crippen LogP contribution in [0.5, 0.6) is 5.75 Å².